The zero-order chi connectivity index (χ0) is 16.9. The number of halogens is 1. The van der Waals surface area contributed by atoms with Crippen molar-refractivity contribution in [2.45, 2.75) is 20.3 Å². The van der Waals surface area contributed by atoms with E-state index >= 15 is 0 Å². The number of ether oxygens (including phenoxy) is 1. The summed E-state index contributed by atoms with van der Waals surface area (Å²) in [6, 6.07) is 12.7. The molecule has 2 aromatic rings. The van der Waals surface area contributed by atoms with Crippen LogP contribution in [0.2, 0.25) is 5.02 Å². The smallest absolute Gasteiger partial charge is 0.236 e. The lowest BCUT2D eigenvalue weighted by atomic mass is 10.2. The number of nitrogens with one attached hydrogen (secondary N) is 1. The minimum Gasteiger partial charge on any atom is -0.492 e. The Bertz CT molecular complexity index is 758. The van der Waals surface area contributed by atoms with Gasteiger partial charge in [0, 0.05) is 10.7 Å². The molecule has 4 nitrogen and oxygen atoms in total. The van der Waals surface area contributed by atoms with Gasteiger partial charge < -0.3 is 4.74 Å². The van der Waals surface area contributed by atoms with Gasteiger partial charge in [0.2, 0.25) is 10.0 Å². The average molecular weight is 354 g/mol. The number of anilines is 1. The summed E-state index contributed by atoms with van der Waals surface area (Å²) in [6.45, 7) is 4.02. The number of sulfonamides is 1. The Kier molecular flexibility index (Phi) is 5.91. The maximum Gasteiger partial charge on any atom is 0.236 e. The molecular formula is C17H20ClNO3S. The fourth-order valence-electron chi connectivity index (χ4n) is 1.98. The van der Waals surface area contributed by atoms with Crippen molar-refractivity contribution in [1.82, 2.24) is 0 Å². The van der Waals surface area contributed by atoms with Gasteiger partial charge in [0.05, 0.1) is 0 Å². The van der Waals surface area contributed by atoms with E-state index in [1.165, 1.54) is 5.56 Å². The quantitative estimate of drug-likeness (QED) is 0.817. The molecule has 0 radical (unpaired) electrons. The van der Waals surface area contributed by atoms with E-state index < -0.39 is 10.0 Å². The highest BCUT2D eigenvalue weighted by molar-refractivity contribution is 7.92. The third kappa shape index (κ3) is 5.44. The van der Waals surface area contributed by atoms with Gasteiger partial charge in [-0.3, -0.25) is 4.72 Å². The van der Waals surface area contributed by atoms with Gasteiger partial charge in [0.1, 0.15) is 18.1 Å². The van der Waals surface area contributed by atoms with E-state index in [9.17, 15) is 8.42 Å². The van der Waals surface area contributed by atoms with Crippen LogP contribution < -0.4 is 9.46 Å². The highest BCUT2D eigenvalue weighted by Crippen LogP contribution is 2.21. The molecule has 6 heteroatoms. The minimum absolute atomic E-state index is 0.0837. The zero-order valence-electron chi connectivity index (χ0n) is 13.2. The standard InChI is InChI=1S/C17H20ClNO3S/c1-3-14-5-8-16(9-6-14)22-10-11-23(20,21)19-15-7-4-13(2)17(18)12-15/h4-9,12,19H,3,10-11H2,1-2H3. The van der Waals surface area contributed by atoms with Crippen molar-refractivity contribution in [1.29, 1.82) is 0 Å². The molecule has 0 bridgehead atoms. The number of benzene rings is 2. The van der Waals surface area contributed by atoms with Gasteiger partial charge in [0.15, 0.2) is 0 Å². The van der Waals surface area contributed by atoms with Crippen LogP contribution in [0.5, 0.6) is 5.75 Å². The molecule has 0 heterocycles. The Labute approximate surface area is 142 Å². The summed E-state index contributed by atoms with van der Waals surface area (Å²) in [5.74, 6) is 0.532. The molecule has 1 N–H and O–H groups in total. The summed E-state index contributed by atoms with van der Waals surface area (Å²) in [5.41, 5.74) is 2.56. The molecule has 0 atom stereocenters. The van der Waals surface area contributed by atoms with Crippen LogP contribution in [-0.2, 0) is 16.4 Å². The Morgan fingerprint density at radius 2 is 1.83 bits per heavy atom. The summed E-state index contributed by atoms with van der Waals surface area (Å²) in [6.07, 6.45) is 0.956. The monoisotopic (exact) mass is 353 g/mol. The van der Waals surface area contributed by atoms with Crippen molar-refractivity contribution in [2.75, 3.05) is 17.1 Å². The number of rotatable bonds is 7. The van der Waals surface area contributed by atoms with Gasteiger partial charge in [-0.05, 0) is 48.7 Å². The normalized spacial score (nSPS) is 11.3. The lowest BCUT2D eigenvalue weighted by Gasteiger charge is -2.10. The molecule has 2 rings (SSSR count). The first-order chi connectivity index (χ1) is 10.9. The van der Waals surface area contributed by atoms with Crippen LogP contribution in [0.1, 0.15) is 18.1 Å². The number of hydrogen-bond acceptors (Lipinski definition) is 3. The first-order valence-electron chi connectivity index (χ1n) is 7.38. The first kappa shape index (κ1) is 17.6. The van der Waals surface area contributed by atoms with Crippen molar-refractivity contribution in [3.63, 3.8) is 0 Å². The first-order valence-corrected chi connectivity index (χ1v) is 9.41. The molecule has 0 unspecified atom stereocenters. The predicted octanol–water partition coefficient (Wildman–Crippen LogP) is 4.03. The molecule has 0 spiro atoms. The molecule has 2 aromatic carbocycles. The summed E-state index contributed by atoms with van der Waals surface area (Å²) < 4.78 is 32.1. The molecule has 0 aromatic heterocycles. The van der Waals surface area contributed by atoms with Crippen LogP contribution in [0, 0.1) is 6.92 Å². The largest absolute Gasteiger partial charge is 0.492 e. The molecule has 0 saturated heterocycles. The van der Waals surface area contributed by atoms with Crippen LogP contribution in [0.4, 0.5) is 5.69 Å². The lowest BCUT2D eigenvalue weighted by Crippen LogP contribution is -2.21. The summed E-state index contributed by atoms with van der Waals surface area (Å²) in [7, 11) is -3.48. The van der Waals surface area contributed by atoms with Crippen molar-refractivity contribution in [3.05, 3.63) is 58.6 Å². The molecule has 0 amide bonds. The van der Waals surface area contributed by atoms with E-state index in [0.717, 1.165) is 12.0 Å². The van der Waals surface area contributed by atoms with E-state index in [1.807, 2.05) is 31.2 Å². The second-order valence-corrected chi connectivity index (χ2v) is 7.48. The Balaban J connectivity index is 1.89. The fraction of sp³-hybridized carbons (Fsp3) is 0.294. The van der Waals surface area contributed by atoms with Gasteiger partial charge >= 0.3 is 0 Å². The molecule has 0 aliphatic carbocycles. The van der Waals surface area contributed by atoms with E-state index in [2.05, 4.69) is 11.6 Å². The summed E-state index contributed by atoms with van der Waals surface area (Å²) in [5, 5.41) is 0.525. The van der Waals surface area contributed by atoms with Crippen molar-refractivity contribution >= 4 is 27.3 Å². The summed E-state index contributed by atoms with van der Waals surface area (Å²) in [4.78, 5) is 0. The van der Waals surface area contributed by atoms with E-state index in [4.69, 9.17) is 16.3 Å². The SMILES string of the molecule is CCc1ccc(OCCS(=O)(=O)Nc2ccc(C)c(Cl)c2)cc1. The second kappa shape index (κ2) is 7.70. The van der Waals surface area contributed by atoms with Gasteiger partial charge in [-0.15, -0.1) is 0 Å². The maximum absolute atomic E-state index is 12.1. The third-order valence-electron chi connectivity index (χ3n) is 3.40. The van der Waals surface area contributed by atoms with Gasteiger partial charge in [0.25, 0.3) is 0 Å². The van der Waals surface area contributed by atoms with Crippen LogP contribution >= 0.6 is 11.6 Å². The Morgan fingerprint density at radius 1 is 1.13 bits per heavy atom. The lowest BCUT2D eigenvalue weighted by molar-refractivity contribution is 0.341. The van der Waals surface area contributed by atoms with Gasteiger partial charge in [-0.1, -0.05) is 36.7 Å². The molecular weight excluding hydrogens is 334 g/mol. The predicted molar refractivity (Wildman–Crippen MR) is 94.9 cm³/mol. The molecule has 124 valence electrons. The topological polar surface area (TPSA) is 55.4 Å². The molecule has 0 aliphatic rings. The molecule has 0 fully saturated rings. The van der Waals surface area contributed by atoms with E-state index in [1.54, 1.807) is 18.2 Å². The Hall–Kier alpha value is -1.72. The second-order valence-electron chi connectivity index (χ2n) is 5.23. The van der Waals surface area contributed by atoms with E-state index in [-0.39, 0.29) is 12.4 Å². The van der Waals surface area contributed by atoms with Crippen molar-refractivity contribution in [3.8, 4) is 5.75 Å². The van der Waals surface area contributed by atoms with E-state index in [0.29, 0.717) is 16.5 Å². The van der Waals surface area contributed by atoms with Crippen LogP contribution in [0.15, 0.2) is 42.5 Å². The van der Waals surface area contributed by atoms with Gasteiger partial charge in [-0.2, -0.15) is 0 Å². The van der Waals surface area contributed by atoms with Gasteiger partial charge in [-0.25, -0.2) is 8.42 Å². The van der Waals surface area contributed by atoms with Crippen LogP contribution in [0.25, 0.3) is 0 Å². The third-order valence-corrected chi connectivity index (χ3v) is 5.06. The van der Waals surface area contributed by atoms with Crippen LogP contribution in [-0.4, -0.2) is 20.8 Å². The highest BCUT2D eigenvalue weighted by Gasteiger charge is 2.11. The fourth-order valence-corrected chi connectivity index (χ4v) is 3.05. The number of hydrogen-bond donors (Lipinski definition) is 1. The zero-order valence-corrected chi connectivity index (χ0v) is 14.7. The van der Waals surface area contributed by atoms with Crippen LogP contribution in [0.3, 0.4) is 0 Å². The molecule has 0 saturated carbocycles. The molecule has 23 heavy (non-hydrogen) atoms. The molecule has 0 aliphatic heterocycles. The van der Waals surface area contributed by atoms with Crippen molar-refractivity contribution in [2.24, 2.45) is 0 Å². The minimum atomic E-state index is -3.48. The highest BCUT2D eigenvalue weighted by atomic mass is 35.5. The summed E-state index contributed by atoms with van der Waals surface area (Å²) >= 11 is 5.99. The maximum atomic E-state index is 12.1. The number of aryl methyl sites for hydroxylation is 2. The van der Waals surface area contributed by atoms with Crippen molar-refractivity contribution < 1.29 is 13.2 Å². The average Bonchev–Trinajstić information content (AvgIpc) is 2.51. The Morgan fingerprint density at radius 3 is 2.43 bits per heavy atom.